The summed E-state index contributed by atoms with van der Waals surface area (Å²) in [7, 11) is 1.61. The van der Waals surface area contributed by atoms with Crippen LogP contribution in [-0.2, 0) is 27.9 Å². The maximum Gasteiger partial charge on any atom is 0.472 e. The smallest absolute Gasteiger partial charge is 0.472 e. The summed E-state index contributed by atoms with van der Waals surface area (Å²) < 4.78 is 34.7. The third kappa shape index (κ3) is 41.4. The molecule has 9 nitrogen and oxygen atoms in total. The predicted molar refractivity (Wildman–Crippen MR) is 234 cm³/mol. The number of carbonyl (C=O) groups is 1. The third-order valence-electron chi connectivity index (χ3n) is 8.99. The molecule has 324 valence electrons. The van der Waals surface area contributed by atoms with Crippen LogP contribution in [0.15, 0.2) is 73.1 Å². The van der Waals surface area contributed by atoms with E-state index in [1.807, 2.05) is 34.1 Å². The molecule has 0 aromatic rings. The van der Waals surface area contributed by atoms with Gasteiger partial charge in [0.1, 0.15) is 19.8 Å². The van der Waals surface area contributed by atoms with Gasteiger partial charge in [0.15, 0.2) is 6.10 Å². The van der Waals surface area contributed by atoms with Crippen LogP contribution in [0.25, 0.3) is 0 Å². The first kappa shape index (κ1) is 53.7. The molecule has 0 fully saturated rings. The Labute approximate surface area is 343 Å². The van der Waals surface area contributed by atoms with E-state index in [4.69, 9.17) is 18.5 Å². The fourth-order valence-electron chi connectivity index (χ4n) is 5.33. The van der Waals surface area contributed by atoms with Crippen LogP contribution in [0.3, 0.4) is 0 Å². The molecule has 0 heterocycles. The van der Waals surface area contributed by atoms with Gasteiger partial charge >= 0.3 is 13.8 Å². The normalized spacial score (nSPS) is 15.0. The lowest BCUT2D eigenvalue weighted by Gasteiger charge is -2.24. The maximum absolute atomic E-state index is 12.5. The zero-order valence-electron chi connectivity index (χ0n) is 36.2. The first-order valence-electron chi connectivity index (χ1n) is 21.8. The molecular formula is C46H83NO8P+. The molecule has 0 aromatic carbocycles. The molecule has 0 amide bonds. The Morgan fingerprint density at radius 1 is 0.643 bits per heavy atom. The van der Waals surface area contributed by atoms with Crippen molar-refractivity contribution in [3.63, 3.8) is 0 Å². The number of phosphoric acid groups is 1. The number of rotatable bonds is 39. The highest BCUT2D eigenvalue weighted by atomic mass is 31.2. The Kier molecular flexibility index (Phi) is 36.7. The average molecular weight is 809 g/mol. The minimum absolute atomic E-state index is 0.0701. The number of ether oxygens (including phenoxy) is 2. The molecule has 0 rings (SSSR count). The van der Waals surface area contributed by atoms with E-state index in [-0.39, 0.29) is 38.3 Å². The quantitative estimate of drug-likeness (QED) is 0.0158. The number of phosphoric ester groups is 1. The van der Waals surface area contributed by atoms with E-state index >= 15 is 0 Å². The first-order valence-corrected chi connectivity index (χ1v) is 23.3. The molecule has 10 heteroatoms. The number of hydrogen-bond acceptors (Lipinski definition) is 7. The van der Waals surface area contributed by atoms with E-state index in [0.717, 1.165) is 70.6 Å². The highest BCUT2D eigenvalue weighted by Crippen LogP contribution is 2.43. The second kappa shape index (κ2) is 38.3. The van der Waals surface area contributed by atoms with E-state index in [0.29, 0.717) is 17.4 Å². The van der Waals surface area contributed by atoms with Gasteiger partial charge in [0.25, 0.3) is 0 Å². The molecule has 0 bridgehead atoms. The van der Waals surface area contributed by atoms with Gasteiger partial charge < -0.3 is 24.0 Å². The Bertz CT molecular complexity index is 1140. The standard InChI is InChI=1S/C46H82NO8P/c1-6-8-9-10-11-12-13-14-15-18-21-24-27-30-33-36-40-52-45(43-55-56(50,51)54-41-39-47(3,4)5)42-53-46(49)38-35-32-29-26-23-20-17-16-19-22-25-28-31-34-37-44(48)7-2/h14-15,17,19-20,22,26,28-29,31,36,40,44-45,48H,6-13,16,18,21,23-25,27,30,32-35,37-39,41-43H2,1-5H3/p+1/b15-14-,20-17-,22-19-,29-26-,31-28-,40-36+/t44-,45+/m0/s1. The summed E-state index contributed by atoms with van der Waals surface area (Å²) in [6.07, 6.45) is 47.0. The molecule has 0 saturated heterocycles. The number of aliphatic hydroxyl groups excluding tert-OH is 1. The highest BCUT2D eigenvalue weighted by Gasteiger charge is 2.25. The molecule has 0 aliphatic heterocycles. The van der Waals surface area contributed by atoms with Gasteiger partial charge in [-0.1, -0.05) is 120 Å². The van der Waals surface area contributed by atoms with Gasteiger partial charge in [-0.05, 0) is 96.0 Å². The van der Waals surface area contributed by atoms with Gasteiger partial charge in [-0.15, -0.1) is 0 Å². The SMILES string of the molecule is CCCCCCCC/C=C\CCCCCC/C=C/O[C@H](COC(=O)CCC/C=C\C/C=C\C/C=C\C/C=C\CC[C@@H](O)CC)COP(=O)(O)OCC[N+](C)(C)C. The molecule has 0 saturated carbocycles. The van der Waals surface area contributed by atoms with Crippen molar-refractivity contribution in [2.24, 2.45) is 0 Å². The fourth-order valence-corrected chi connectivity index (χ4v) is 6.07. The Balaban J connectivity index is 4.43. The van der Waals surface area contributed by atoms with E-state index in [1.165, 1.54) is 57.8 Å². The number of quaternary nitrogens is 1. The molecule has 1 unspecified atom stereocenters. The summed E-state index contributed by atoms with van der Waals surface area (Å²) in [5.41, 5.74) is 0. The molecule has 0 aliphatic rings. The van der Waals surface area contributed by atoms with Gasteiger partial charge in [-0.25, -0.2) is 4.57 Å². The second-order valence-corrected chi connectivity index (χ2v) is 17.0. The van der Waals surface area contributed by atoms with Crippen molar-refractivity contribution in [3.8, 4) is 0 Å². The molecule has 0 aliphatic carbocycles. The Hall–Kier alpha value is -2.26. The zero-order valence-corrected chi connectivity index (χ0v) is 37.1. The van der Waals surface area contributed by atoms with E-state index in [9.17, 15) is 19.4 Å². The molecule has 0 spiro atoms. The van der Waals surface area contributed by atoms with Gasteiger partial charge in [0.2, 0.25) is 0 Å². The van der Waals surface area contributed by atoms with Crippen molar-refractivity contribution in [1.82, 2.24) is 0 Å². The molecular weight excluding hydrogens is 725 g/mol. The summed E-state index contributed by atoms with van der Waals surface area (Å²) in [6.45, 7) is 4.52. The second-order valence-electron chi connectivity index (χ2n) is 15.6. The Morgan fingerprint density at radius 2 is 1.14 bits per heavy atom. The molecule has 0 aromatic heterocycles. The van der Waals surface area contributed by atoms with Crippen LogP contribution < -0.4 is 0 Å². The average Bonchev–Trinajstić information content (AvgIpc) is 3.15. The number of aliphatic hydroxyl groups is 1. The van der Waals surface area contributed by atoms with Crippen LogP contribution in [0.4, 0.5) is 0 Å². The number of carbonyl (C=O) groups excluding carboxylic acids is 1. The van der Waals surface area contributed by atoms with Gasteiger partial charge in [-0.3, -0.25) is 13.8 Å². The van der Waals surface area contributed by atoms with Crippen molar-refractivity contribution in [2.75, 3.05) is 47.5 Å². The summed E-state index contributed by atoms with van der Waals surface area (Å²) in [5, 5.41) is 9.56. The minimum Gasteiger partial charge on any atom is -0.492 e. The van der Waals surface area contributed by atoms with Gasteiger partial charge in [-0.2, -0.15) is 0 Å². The maximum atomic E-state index is 12.5. The lowest BCUT2D eigenvalue weighted by atomic mass is 10.1. The van der Waals surface area contributed by atoms with E-state index in [1.54, 1.807) is 6.26 Å². The zero-order chi connectivity index (χ0) is 41.4. The number of nitrogens with zero attached hydrogens (tertiary/aromatic N) is 1. The lowest BCUT2D eigenvalue weighted by Crippen LogP contribution is -2.37. The summed E-state index contributed by atoms with van der Waals surface area (Å²) >= 11 is 0. The monoisotopic (exact) mass is 809 g/mol. The van der Waals surface area contributed by atoms with Crippen LogP contribution in [0.2, 0.25) is 0 Å². The number of esters is 1. The highest BCUT2D eigenvalue weighted by molar-refractivity contribution is 7.47. The number of likely N-dealkylation sites (N-methyl/N-ethyl adjacent to an activating group) is 1. The van der Waals surface area contributed by atoms with Gasteiger partial charge in [0, 0.05) is 6.42 Å². The predicted octanol–water partition coefficient (Wildman–Crippen LogP) is 12.0. The molecule has 0 radical (unpaired) electrons. The van der Waals surface area contributed by atoms with E-state index < -0.39 is 13.9 Å². The minimum atomic E-state index is -4.29. The van der Waals surface area contributed by atoms with Crippen molar-refractivity contribution >= 4 is 13.8 Å². The van der Waals surface area contributed by atoms with Crippen molar-refractivity contribution in [2.45, 2.75) is 167 Å². The van der Waals surface area contributed by atoms with Crippen LogP contribution in [0.5, 0.6) is 0 Å². The van der Waals surface area contributed by atoms with Crippen LogP contribution in [0.1, 0.15) is 155 Å². The molecule has 56 heavy (non-hydrogen) atoms. The van der Waals surface area contributed by atoms with E-state index in [2.05, 4.69) is 67.7 Å². The van der Waals surface area contributed by atoms with Crippen LogP contribution in [0, 0.1) is 0 Å². The fraction of sp³-hybridized carbons (Fsp3) is 0.717. The topological polar surface area (TPSA) is 112 Å². The number of unbranched alkanes of at least 4 members (excludes halogenated alkanes) is 12. The van der Waals surface area contributed by atoms with Gasteiger partial charge in [0.05, 0.1) is 40.1 Å². The van der Waals surface area contributed by atoms with Crippen molar-refractivity contribution in [3.05, 3.63) is 73.1 Å². The van der Waals surface area contributed by atoms with Crippen molar-refractivity contribution in [1.29, 1.82) is 0 Å². The van der Waals surface area contributed by atoms with Crippen molar-refractivity contribution < 1.29 is 42.4 Å². The molecule has 3 atom stereocenters. The summed E-state index contributed by atoms with van der Waals surface area (Å²) in [4.78, 5) is 22.6. The summed E-state index contributed by atoms with van der Waals surface area (Å²) in [6, 6.07) is 0. The largest absolute Gasteiger partial charge is 0.492 e. The van der Waals surface area contributed by atoms with Crippen LogP contribution >= 0.6 is 7.82 Å². The van der Waals surface area contributed by atoms with Crippen LogP contribution in [-0.4, -0.2) is 80.2 Å². The third-order valence-corrected chi connectivity index (χ3v) is 9.98. The first-order chi connectivity index (χ1) is 27.0. The lowest BCUT2D eigenvalue weighted by molar-refractivity contribution is -0.870. The number of hydrogen-bond donors (Lipinski definition) is 2. The molecule has 2 N–H and O–H groups in total. The Morgan fingerprint density at radius 3 is 1.71 bits per heavy atom. The number of allylic oxidation sites excluding steroid dienone is 11. The summed E-state index contributed by atoms with van der Waals surface area (Å²) in [5.74, 6) is -0.348.